The van der Waals surface area contributed by atoms with E-state index in [9.17, 15) is 4.79 Å². The molecule has 0 spiro atoms. The first kappa shape index (κ1) is 12.2. The lowest BCUT2D eigenvalue weighted by atomic mass is 10.2. The quantitative estimate of drug-likeness (QED) is 0.817. The van der Waals surface area contributed by atoms with Gasteiger partial charge >= 0.3 is 5.97 Å². The summed E-state index contributed by atoms with van der Waals surface area (Å²) in [6.45, 7) is 0.318. The van der Waals surface area contributed by atoms with Crippen molar-refractivity contribution in [2.24, 2.45) is 0 Å². The average Bonchev–Trinajstić information content (AvgIpc) is 3.08. The summed E-state index contributed by atoms with van der Waals surface area (Å²) in [7, 11) is 0. The molecular weight excluding hydrogens is 242 g/mol. The molecule has 1 saturated carbocycles. The predicted octanol–water partition coefficient (Wildman–Crippen LogP) is 2.06. The maximum atomic E-state index is 10.5. The molecule has 0 saturated heterocycles. The summed E-state index contributed by atoms with van der Waals surface area (Å²) in [5.41, 5.74) is 0.894. The number of aliphatic carboxylic acids is 1. The Hall–Kier alpha value is -1.26. The molecule has 2 N–H and O–H groups in total. The van der Waals surface area contributed by atoms with Crippen molar-refractivity contribution >= 4 is 17.6 Å². The maximum absolute atomic E-state index is 10.5. The summed E-state index contributed by atoms with van der Waals surface area (Å²) in [5.74, 6) is -0.411. The number of benzene rings is 1. The van der Waals surface area contributed by atoms with Gasteiger partial charge in [0.1, 0.15) is 5.75 Å². The second-order valence-electron chi connectivity index (χ2n) is 4.09. The number of carboxylic acids is 1. The highest BCUT2D eigenvalue weighted by atomic mass is 35.5. The highest BCUT2D eigenvalue weighted by Gasteiger charge is 2.20. The van der Waals surface area contributed by atoms with Gasteiger partial charge in [0.2, 0.25) is 0 Å². The van der Waals surface area contributed by atoms with Crippen LogP contribution in [0.3, 0.4) is 0 Å². The van der Waals surface area contributed by atoms with Crippen LogP contribution in [0.1, 0.15) is 18.4 Å². The van der Waals surface area contributed by atoms with Gasteiger partial charge in [0.25, 0.3) is 0 Å². The van der Waals surface area contributed by atoms with Gasteiger partial charge in [-0.1, -0.05) is 11.6 Å². The normalized spacial score (nSPS) is 14.6. The standard InChI is InChI=1S/C12H14ClNO3/c13-9-1-4-11(17-7-12(15)16)8(5-9)6-14-10-2-3-10/h1,4-5,10,14H,2-3,6-7H2,(H,15,16). The van der Waals surface area contributed by atoms with Crippen molar-refractivity contribution in [2.45, 2.75) is 25.4 Å². The average molecular weight is 256 g/mol. The van der Waals surface area contributed by atoms with Crippen molar-refractivity contribution < 1.29 is 14.6 Å². The second kappa shape index (κ2) is 5.38. The second-order valence-corrected chi connectivity index (χ2v) is 4.53. The Morgan fingerprint density at radius 3 is 2.94 bits per heavy atom. The van der Waals surface area contributed by atoms with Crippen molar-refractivity contribution in [3.05, 3.63) is 28.8 Å². The van der Waals surface area contributed by atoms with Crippen LogP contribution in [0.15, 0.2) is 18.2 Å². The molecular formula is C12H14ClNO3. The molecule has 0 aromatic heterocycles. The first-order valence-electron chi connectivity index (χ1n) is 5.51. The summed E-state index contributed by atoms with van der Waals surface area (Å²) in [6.07, 6.45) is 2.40. The summed E-state index contributed by atoms with van der Waals surface area (Å²) in [4.78, 5) is 10.5. The first-order chi connectivity index (χ1) is 8.15. The van der Waals surface area contributed by atoms with Crippen LogP contribution < -0.4 is 10.1 Å². The topological polar surface area (TPSA) is 58.6 Å². The molecule has 0 heterocycles. The lowest BCUT2D eigenvalue weighted by molar-refractivity contribution is -0.139. The fraction of sp³-hybridized carbons (Fsp3) is 0.417. The largest absolute Gasteiger partial charge is 0.482 e. The minimum Gasteiger partial charge on any atom is -0.482 e. The van der Waals surface area contributed by atoms with Crippen LogP contribution in [0, 0.1) is 0 Å². The molecule has 0 atom stereocenters. The first-order valence-corrected chi connectivity index (χ1v) is 5.89. The molecule has 0 aliphatic heterocycles. The number of nitrogens with one attached hydrogen (secondary N) is 1. The Bertz CT molecular complexity index is 418. The third kappa shape index (κ3) is 3.91. The van der Waals surface area contributed by atoms with Gasteiger partial charge in [0, 0.05) is 23.2 Å². The van der Waals surface area contributed by atoms with Crippen LogP contribution in [0.2, 0.25) is 5.02 Å². The number of carbonyl (C=O) groups is 1. The minimum atomic E-state index is -0.985. The van der Waals surface area contributed by atoms with Crippen LogP contribution in [0.4, 0.5) is 0 Å². The van der Waals surface area contributed by atoms with Gasteiger partial charge in [-0.25, -0.2) is 4.79 Å². The smallest absolute Gasteiger partial charge is 0.341 e. The van der Waals surface area contributed by atoms with Crippen LogP contribution in [0.5, 0.6) is 5.75 Å². The van der Waals surface area contributed by atoms with Crippen LogP contribution in [-0.2, 0) is 11.3 Å². The zero-order chi connectivity index (χ0) is 12.3. The van der Waals surface area contributed by atoms with E-state index >= 15 is 0 Å². The number of halogens is 1. The fourth-order valence-electron chi connectivity index (χ4n) is 1.51. The molecule has 1 aliphatic carbocycles. The molecule has 92 valence electrons. The van der Waals surface area contributed by atoms with E-state index in [0.717, 1.165) is 5.56 Å². The molecule has 2 rings (SSSR count). The third-order valence-corrected chi connectivity index (χ3v) is 2.77. The predicted molar refractivity (Wildman–Crippen MR) is 64.4 cm³/mol. The van der Waals surface area contributed by atoms with Crippen molar-refractivity contribution in [2.75, 3.05) is 6.61 Å². The van der Waals surface area contributed by atoms with Gasteiger partial charge in [0.05, 0.1) is 0 Å². The van der Waals surface area contributed by atoms with E-state index in [0.29, 0.717) is 23.4 Å². The van der Waals surface area contributed by atoms with E-state index in [-0.39, 0.29) is 6.61 Å². The van der Waals surface area contributed by atoms with Crippen LogP contribution in [0.25, 0.3) is 0 Å². The summed E-state index contributed by atoms with van der Waals surface area (Å²) in [5, 5.41) is 12.5. The van der Waals surface area contributed by atoms with Crippen LogP contribution in [-0.4, -0.2) is 23.7 Å². The van der Waals surface area contributed by atoms with Gasteiger partial charge in [-0.05, 0) is 31.0 Å². The molecule has 1 aromatic rings. The third-order valence-electron chi connectivity index (χ3n) is 2.53. The fourth-order valence-corrected chi connectivity index (χ4v) is 1.70. The van der Waals surface area contributed by atoms with E-state index < -0.39 is 5.97 Å². The lowest BCUT2D eigenvalue weighted by Gasteiger charge is -2.11. The molecule has 1 aromatic carbocycles. The van der Waals surface area contributed by atoms with Crippen molar-refractivity contribution in [3.63, 3.8) is 0 Å². The minimum absolute atomic E-state index is 0.335. The summed E-state index contributed by atoms with van der Waals surface area (Å²) < 4.78 is 5.21. The Morgan fingerprint density at radius 1 is 1.53 bits per heavy atom. The number of rotatable bonds is 6. The van der Waals surface area contributed by atoms with Crippen molar-refractivity contribution in [3.8, 4) is 5.75 Å². The van der Waals surface area contributed by atoms with E-state index in [1.807, 2.05) is 0 Å². The Balaban J connectivity index is 2.02. The van der Waals surface area contributed by atoms with Crippen LogP contribution >= 0.6 is 11.6 Å². The monoisotopic (exact) mass is 255 g/mol. The number of ether oxygens (including phenoxy) is 1. The summed E-state index contributed by atoms with van der Waals surface area (Å²) in [6, 6.07) is 5.78. The van der Waals surface area contributed by atoms with Crippen molar-refractivity contribution in [1.82, 2.24) is 5.32 Å². The van der Waals surface area contributed by atoms with Gasteiger partial charge in [0.15, 0.2) is 6.61 Å². The zero-order valence-corrected chi connectivity index (χ0v) is 10.0. The molecule has 1 fully saturated rings. The van der Waals surface area contributed by atoms with Gasteiger partial charge in [-0.2, -0.15) is 0 Å². The SMILES string of the molecule is O=C(O)COc1ccc(Cl)cc1CNC1CC1. The number of hydrogen-bond donors (Lipinski definition) is 2. The Morgan fingerprint density at radius 2 is 2.29 bits per heavy atom. The van der Waals surface area contributed by atoms with E-state index in [2.05, 4.69) is 5.32 Å². The lowest BCUT2D eigenvalue weighted by Crippen LogP contribution is -2.17. The number of carboxylic acid groups (broad SMARTS) is 1. The molecule has 5 heteroatoms. The van der Waals surface area contributed by atoms with E-state index in [4.69, 9.17) is 21.4 Å². The Kier molecular flexibility index (Phi) is 3.86. The molecule has 0 bridgehead atoms. The zero-order valence-electron chi connectivity index (χ0n) is 9.28. The summed E-state index contributed by atoms with van der Waals surface area (Å²) >= 11 is 5.91. The maximum Gasteiger partial charge on any atom is 0.341 e. The molecule has 4 nitrogen and oxygen atoms in total. The Labute approximate surface area is 105 Å². The molecule has 0 unspecified atom stereocenters. The highest BCUT2D eigenvalue weighted by molar-refractivity contribution is 6.30. The molecule has 1 aliphatic rings. The van der Waals surface area contributed by atoms with Crippen molar-refractivity contribution in [1.29, 1.82) is 0 Å². The molecule has 17 heavy (non-hydrogen) atoms. The van der Waals surface area contributed by atoms with Gasteiger partial charge in [-0.15, -0.1) is 0 Å². The van der Waals surface area contributed by atoms with Gasteiger partial charge < -0.3 is 15.2 Å². The molecule has 0 amide bonds. The highest BCUT2D eigenvalue weighted by Crippen LogP contribution is 2.25. The number of hydrogen-bond acceptors (Lipinski definition) is 3. The molecule has 0 radical (unpaired) electrons. The van der Waals surface area contributed by atoms with E-state index in [1.54, 1.807) is 18.2 Å². The van der Waals surface area contributed by atoms with Gasteiger partial charge in [-0.3, -0.25) is 0 Å². The van der Waals surface area contributed by atoms with E-state index in [1.165, 1.54) is 12.8 Å².